The van der Waals surface area contributed by atoms with E-state index in [1.165, 1.54) is 0 Å². The van der Waals surface area contributed by atoms with Crippen LogP contribution in [0.4, 0.5) is 0 Å². The van der Waals surface area contributed by atoms with Crippen LogP contribution in [-0.2, 0) is 0 Å². The first-order chi connectivity index (χ1) is 2.89. The van der Waals surface area contributed by atoms with Crippen molar-refractivity contribution in [3.8, 4) is 0 Å². The highest BCUT2D eigenvalue weighted by molar-refractivity contribution is 6.27. The van der Waals surface area contributed by atoms with Crippen LogP contribution in [0.25, 0.3) is 0 Å². The lowest BCUT2D eigenvalue weighted by Gasteiger charge is -1.72. The van der Waals surface area contributed by atoms with Crippen molar-refractivity contribution in [1.29, 1.82) is 0 Å². The van der Waals surface area contributed by atoms with Gasteiger partial charge in [0.05, 0.1) is 0 Å². The molecule has 0 aromatic heterocycles. The third-order valence-electron chi connectivity index (χ3n) is 0.480. The predicted octanol–water partition coefficient (Wildman–Crippen LogP) is -0.243. The zero-order valence-electron chi connectivity index (χ0n) is 3.13. The standard InChI is InChI=1S/C3H2BN2/c4-3-5-1-2-6-3/h1-2H/q+1. The summed E-state index contributed by atoms with van der Waals surface area (Å²) in [6.45, 7) is 0. The predicted molar refractivity (Wildman–Crippen MR) is 26.0 cm³/mol. The molecular formula is C3H2BN2+. The second-order valence-corrected chi connectivity index (χ2v) is 0.915. The van der Waals surface area contributed by atoms with Gasteiger partial charge < -0.3 is 0 Å². The lowest BCUT2D eigenvalue weighted by Crippen LogP contribution is -1.77. The van der Waals surface area contributed by atoms with Crippen LogP contribution >= 0.6 is 0 Å². The molecule has 0 aromatic carbocycles. The van der Waals surface area contributed by atoms with E-state index in [4.69, 9.17) is 7.85 Å². The van der Waals surface area contributed by atoms with E-state index >= 15 is 0 Å². The maximum atomic E-state index is 5.06. The monoisotopic (exact) mass is 77.0 g/mol. The van der Waals surface area contributed by atoms with Crippen LogP contribution in [0.15, 0.2) is 9.98 Å². The molecule has 3 heteroatoms. The molecule has 0 N–H and O–H groups in total. The van der Waals surface area contributed by atoms with E-state index in [0.717, 1.165) is 0 Å². The number of hydrogen-bond acceptors (Lipinski definition) is 2. The van der Waals surface area contributed by atoms with Crippen molar-refractivity contribution < 1.29 is 0 Å². The van der Waals surface area contributed by atoms with Crippen LogP contribution in [0, 0.1) is 6.07 Å². The van der Waals surface area contributed by atoms with E-state index in [9.17, 15) is 0 Å². The molecule has 0 saturated carbocycles. The molecule has 26 valence electrons. The van der Waals surface area contributed by atoms with Gasteiger partial charge in [-0.25, -0.2) is 0 Å². The number of aliphatic imine (C=N–C) groups is 2. The number of hydrogen-bond donors (Lipinski definition) is 0. The van der Waals surface area contributed by atoms with Crippen LogP contribution in [-0.4, -0.2) is 20.3 Å². The van der Waals surface area contributed by atoms with Crippen molar-refractivity contribution >= 4 is 20.3 Å². The molecule has 1 aliphatic heterocycles. The molecule has 2 radical (unpaired) electrons. The molecule has 2 nitrogen and oxygen atoms in total. The lowest BCUT2D eigenvalue weighted by atomic mass is 10.1. The summed E-state index contributed by atoms with van der Waals surface area (Å²) in [6, 6.07) is 0.343. The van der Waals surface area contributed by atoms with Gasteiger partial charge >= 0.3 is 0 Å². The van der Waals surface area contributed by atoms with Crippen LogP contribution in [0.3, 0.4) is 0 Å². The Bertz CT molecular complexity index is 85.0. The molecule has 0 saturated heterocycles. The van der Waals surface area contributed by atoms with Gasteiger partial charge in [-0.2, -0.15) is 0 Å². The average molecular weight is 76.9 g/mol. The fourth-order valence-corrected chi connectivity index (χ4v) is 0.253. The van der Waals surface area contributed by atoms with Gasteiger partial charge in [-0.05, 0) is 0 Å². The molecule has 0 aromatic rings. The quantitative estimate of drug-likeness (QED) is 0.281. The minimum Gasteiger partial charge on any atom is -0.113 e. The Hall–Kier alpha value is -0.725. The average Bonchev–Trinajstić information content (AvgIpc) is 1.86. The van der Waals surface area contributed by atoms with Gasteiger partial charge in [-0.1, -0.05) is 0 Å². The molecule has 0 unspecified atom stereocenters. The largest absolute Gasteiger partial charge is 0.280 e. The fourth-order valence-electron chi connectivity index (χ4n) is 0.253. The molecule has 1 rings (SSSR count). The molecule has 1 heterocycles. The molecule has 0 aliphatic carbocycles. The summed E-state index contributed by atoms with van der Waals surface area (Å²) in [7, 11) is 5.06. The van der Waals surface area contributed by atoms with Crippen molar-refractivity contribution in [2.45, 2.75) is 0 Å². The first kappa shape index (κ1) is 3.46. The van der Waals surface area contributed by atoms with Crippen molar-refractivity contribution in [2.75, 3.05) is 0 Å². The SMILES string of the molecule is [B][C+]1N=CC=N1. The first-order valence-corrected chi connectivity index (χ1v) is 1.59. The summed E-state index contributed by atoms with van der Waals surface area (Å²) in [6.07, 6.45) is 3.10. The van der Waals surface area contributed by atoms with Crippen LogP contribution in [0.2, 0.25) is 0 Å². The first-order valence-electron chi connectivity index (χ1n) is 1.59. The zero-order chi connectivity index (χ0) is 4.41. The third kappa shape index (κ3) is 0.430. The highest BCUT2D eigenvalue weighted by atomic mass is 15.0. The smallest absolute Gasteiger partial charge is 0.113 e. The summed E-state index contributed by atoms with van der Waals surface area (Å²) in [5.41, 5.74) is 0. The minimum absolute atomic E-state index is 0.343. The molecule has 1 aliphatic rings. The molecule has 0 spiro atoms. The molecular weight excluding hydrogens is 74.9 g/mol. The second-order valence-electron chi connectivity index (χ2n) is 0.915. The molecule has 0 atom stereocenters. The lowest BCUT2D eigenvalue weighted by molar-refractivity contribution is 1.22. The Morgan fingerprint density at radius 1 is 1.33 bits per heavy atom. The van der Waals surface area contributed by atoms with Crippen LogP contribution < -0.4 is 0 Å². The maximum absolute atomic E-state index is 5.06. The van der Waals surface area contributed by atoms with Crippen molar-refractivity contribution in [2.24, 2.45) is 9.98 Å². The Kier molecular flexibility index (Phi) is 0.672. The van der Waals surface area contributed by atoms with E-state index < -0.39 is 0 Å². The molecule has 0 bridgehead atoms. The second kappa shape index (κ2) is 1.16. The molecule has 6 heavy (non-hydrogen) atoms. The van der Waals surface area contributed by atoms with Gasteiger partial charge in [-0.3, -0.25) is 0 Å². The van der Waals surface area contributed by atoms with Gasteiger partial charge in [0.25, 0.3) is 7.85 Å². The summed E-state index contributed by atoms with van der Waals surface area (Å²) < 4.78 is 0. The van der Waals surface area contributed by atoms with Crippen molar-refractivity contribution in [3.05, 3.63) is 6.07 Å². The minimum atomic E-state index is 0.343. The van der Waals surface area contributed by atoms with Gasteiger partial charge in [0.1, 0.15) is 0 Å². The topological polar surface area (TPSA) is 24.7 Å². The van der Waals surface area contributed by atoms with E-state index in [2.05, 4.69) is 9.98 Å². The fraction of sp³-hybridized carbons (Fsp3) is 0. The zero-order valence-corrected chi connectivity index (χ0v) is 3.13. The van der Waals surface area contributed by atoms with E-state index in [0.29, 0.717) is 6.07 Å². The third-order valence-corrected chi connectivity index (χ3v) is 0.480. The van der Waals surface area contributed by atoms with Crippen LogP contribution in [0.5, 0.6) is 0 Å². The normalized spacial score (nSPS) is 17.0. The van der Waals surface area contributed by atoms with Crippen molar-refractivity contribution in [1.82, 2.24) is 0 Å². The Morgan fingerprint density at radius 3 is 2.00 bits per heavy atom. The number of nitrogens with zero attached hydrogens (tertiary/aromatic N) is 2. The van der Waals surface area contributed by atoms with Gasteiger partial charge in [0.2, 0.25) is 0 Å². The summed E-state index contributed by atoms with van der Waals surface area (Å²) in [5.74, 6) is 0. The number of rotatable bonds is 0. The maximum Gasteiger partial charge on any atom is 0.280 e. The molecule has 0 fully saturated rings. The van der Waals surface area contributed by atoms with Gasteiger partial charge in [0, 0.05) is 0 Å². The highest BCUT2D eigenvalue weighted by Crippen LogP contribution is 1.96. The van der Waals surface area contributed by atoms with Crippen LogP contribution in [0.1, 0.15) is 0 Å². The van der Waals surface area contributed by atoms with E-state index in [-0.39, 0.29) is 0 Å². The summed E-state index contributed by atoms with van der Waals surface area (Å²) in [4.78, 5) is 7.17. The highest BCUT2D eigenvalue weighted by Gasteiger charge is 2.04. The molecule has 0 amide bonds. The Balaban J connectivity index is 2.60. The Morgan fingerprint density at radius 2 is 1.83 bits per heavy atom. The van der Waals surface area contributed by atoms with E-state index in [1.807, 2.05) is 0 Å². The Labute approximate surface area is 37.4 Å². The summed E-state index contributed by atoms with van der Waals surface area (Å²) in [5, 5.41) is 0. The van der Waals surface area contributed by atoms with Gasteiger partial charge in [-0.15, -0.1) is 9.98 Å². The van der Waals surface area contributed by atoms with Crippen molar-refractivity contribution in [3.63, 3.8) is 0 Å². The van der Waals surface area contributed by atoms with Gasteiger partial charge in [0.15, 0.2) is 18.5 Å². The van der Waals surface area contributed by atoms with E-state index in [1.54, 1.807) is 12.4 Å². The summed E-state index contributed by atoms with van der Waals surface area (Å²) >= 11 is 0.